The molecule has 24 heavy (non-hydrogen) atoms. The summed E-state index contributed by atoms with van der Waals surface area (Å²) in [4.78, 5) is 23.1. The van der Waals surface area contributed by atoms with Crippen LogP contribution in [0.2, 0.25) is 0 Å². The van der Waals surface area contributed by atoms with E-state index in [0.29, 0.717) is 11.4 Å². The molecule has 2 amide bonds. The maximum Gasteiger partial charge on any atom is 0.417 e. The smallest absolute Gasteiger partial charge is 0.410 e. The fraction of sp³-hybridized carbons (Fsp3) is 0.222. The fourth-order valence-corrected chi connectivity index (χ4v) is 2.04. The number of ether oxygens (including phenoxy) is 1. The van der Waals surface area contributed by atoms with Gasteiger partial charge in [-0.3, -0.25) is 15.3 Å². The monoisotopic (exact) mass is 328 g/mol. The molecule has 0 aliphatic rings. The van der Waals surface area contributed by atoms with Crippen molar-refractivity contribution >= 4 is 17.7 Å². The summed E-state index contributed by atoms with van der Waals surface area (Å²) < 4.78 is 5.22. The van der Waals surface area contributed by atoms with Crippen LogP contribution in [0.15, 0.2) is 48.5 Å². The fourth-order valence-electron chi connectivity index (χ4n) is 2.04. The molecule has 0 atom stereocenters. The molecule has 2 rings (SSSR count). The van der Waals surface area contributed by atoms with Gasteiger partial charge in [0.2, 0.25) is 0 Å². The first-order chi connectivity index (χ1) is 11.3. The molecule has 0 aliphatic heterocycles. The normalized spacial score (nSPS) is 10.8. The minimum Gasteiger partial charge on any atom is -0.410 e. The van der Waals surface area contributed by atoms with Crippen molar-refractivity contribution in [3.63, 3.8) is 0 Å². The van der Waals surface area contributed by atoms with Crippen LogP contribution in [0.3, 0.4) is 0 Å². The molecule has 0 unspecified atom stereocenters. The average molecular weight is 328 g/mol. The summed E-state index contributed by atoms with van der Waals surface area (Å²) in [6.07, 6.45) is -0.627. The largest absolute Gasteiger partial charge is 0.417 e. The van der Waals surface area contributed by atoms with Crippen LogP contribution >= 0.6 is 0 Å². The predicted octanol–water partition coefficient (Wildman–Crippen LogP) is 3.71. The van der Waals surface area contributed by atoms with Crippen LogP contribution in [0.25, 0.3) is 0 Å². The van der Waals surface area contributed by atoms with Crippen molar-refractivity contribution in [1.29, 1.82) is 0 Å². The third-order valence-electron chi connectivity index (χ3n) is 3.43. The summed E-state index contributed by atoms with van der Waals surface area (Å²) in [5.41, 5.74) is 3.46. The van der Waals surface area contributed by atoms with Gasteiger partial charge in [-0.15, -0.1) is 0 Å². The number of hydrogen-bond donors (Lipinski definition) is 3. The van der Waals surface area contributed by atoms with Gasteiger partial charge in [-0.25, -0.2) is 10.3 Å². The Morgan fingerprint density at radius 1 is 0.958 bits per heavy atom. The zero-order valence-corrected chi connectivity index (χ0v) is 13.8. The number of hydrogen-bond acceptors (Lipinski definition) is 4. The molecule has 0 heterocycles. The predicted molar refractivity (Wildman–Crippen MR) is 90.5 cm³/mol. The van der Waals surface area contributed by atoms with E-state index in [9.17, 15) is 9.59 Å². The number of hydroxylamine groups is 1. The number of carbonyl (C=O) groups is 2. The van der Waals surface area contributed by atoms with Gasteiger partial charge in [-0.1, -0.05) is 32.9 Å². The molecule has 2 aromatic carbocycles. The maximum atomic E-state index is 11.9. The summed E-state index contributed by atoms with van der Waals surface area (Å²) >= 11 is 0. The molecule has 0 radical (unpaired) electrons. The highest BCUT2D eigenvalue weighted by Crippen LogP contribution is 2.24. The average Bonchev–Trinajstić information content (AvgIpc) is 2.54. The Kier molecular flexibility index (Phi) is 5.21. The summed E-state index contributed by atoms with van der Waals surface area (Å²) in [6, 6.07) is 13.3. The van der Waals surface area contributed by atoms with E-state index in [1.807, 2.05) is 12.1 Å². The van der Waals surface area contributed by atoms with Crippen LogP contribution in [0.4, 0.5) is 10.5 Å². The molecule has 6 nitrogen and oxygen atoms in total. The van der Waals surface area contributed by atoms with Crippen LogP contribution in [-0.4, -0.2) is 17.2 Å². The zero-order valence-electron chi connectivity index (χ0n) is 13.8. The number of anilines is 1. The lowest BCUT2D eigenvalue weighted by Crippen LogP contribution is -2.19. The Bertz CT molecular complexity index is 716. The zero-order chi connectivity index (χ0) is 17.7. The minimum atomic E-state index is -0.627. The van der Waals surface area contributed by atoms with Crippen molar-refractivity contribution in [3.05, 3.63) is 59.7 Å². The van der Waals surface area contributed by atoms with Gasteiger partial charge in [0.25, 0.3) is 5.91 Å². The lowest BCUT2D eigenvalue weighted by molar-refractivity contribution is 0.0706. The van der Waals surface area contributed by atoms with Gasteiger partial charge >= 0.3 is 6.09 Å². The number of nitrogens with one attached hydrogen (secondary N) is 2. The second-order valence-electron chi connectivity index (χ2n) is 6.31. The molecule has 3 N–H and O–H groups in total. The number of carbonyl (C=O) groups excluding carboxylic acids is 2. The van der Waals surface area contributed by atoms with E-state index in [1.54, 1.807) is 12.1 Å². The van der Waals surface area contributed by atoms with E-state index >= 15 is 0 Å². The first-order valence-electron chi connectivity index (χ1n) is 7.43. The van der Waals surface area contributed by atoms with E-state index < -0.39 is 12.0 Å². The Morgan fingerprint density at radius 3 is 2.04 bits per heavy atom. The van der Waals surface area contributed by atoms with Crippen LogP contribution < -0.4 is 15.5 Å². The summed E-state index contributed by atoms with van der Waals surface area (Å²) in [5, 5.41) is 11.1. The van der Waals surface area contributed by atoms with Crippen molar-refractivity contribution in [3.8, 4) is 5.75 Å². The van der Waals surface area contributed by atoms with E-state index in [1.165, 1.54) is 29.7 Å². The Labute approximate surface area is 140 Å². The highest BCUT2D eigenvalue weighted by atomic mass is 16.6. The van der Waals surface area contributed by atoms with Crippen molar-refractivity contribution in [2.75, 3.05) is 5.32 Å². The lowest BCUT2D eigenvalue weighted by atomic mass is 9.87. The maximum absolute atomic E-state index is 11.9. The van der Waals surface area contributed by atoms with Crippen LogP contribution in [0.1, 0.15) is 36.7 Å². The van der Waals surface area contributed by atoms with Crippen molar-refractivity contribution in [2.45, 2.75) is 26.2 Å². The van der Waals surface area contributed by atoms with Gasteiger partial charge in [0.15, 0.2) is 0 Å². The Hall–Kier alpha value is -2.86. The molecule has 0 bridgehead atoms. The third kappa shape index (κ3) is 4.57. The standard InChI is InChI=1S/C18H20N2O4/c1-18(2,3)13-6-10-15(11-7-13)24-17(22)19-14-8-4-12(5-9-14)16(21)20-23/h4-11,23H,1-3H3,(H,19,22)(H,20,21). The van der Waals surface area contributed by atoms with Gasteiger partial charge < -0.3 is 4.74 Å². The topological polar surface area (TPSA) is 87.7 Å². The highest BCUT2D eigenvalue weighted by molar-refractivity contribution is 5.94. The Balaban J connectivity index is 1.97. The van der Waals surface area contributed by atoms with Crippen molar-refractivity contribution in [2.24, 2.45) is 0 Å². The number of amides is 2. The van der Waals surface area contributed by atoms with Gasteiger partial charge in [-0.05, 0) is 47.4 Å². The molecule has 0 spiro atoms. The molecule has 0 saturated carbocycles. The SMILES string of the molecule is CC(C)(C)c1ccc(OC(=O)Nc2ccc(C(=O)NO)cc2)cc1. The summed E-state index contributed by atoms with van der Waals surface area (Å²) in [6.45, 7) is 6.32. The molecule has 2 aromatic rings. The second kappa shape index (κ2) is 7.14. The summed E-state index contributed by atoms with van der Waals surface area (Å²) in [5.74, 6) is -0.181. The van der Waals surface area contributed by atoms with E-state index in [4.69, 9.17) is 9.94 Å². The van der Waals surface area contributed by atoms with Gasteiger partial charge in [0.05, 0.1) is 0 Å². The first kappa shape index (κ1) is 17.5. The lowest BCUT2D eigenvalue weighted by Gasteiger charge is -2.19. The molecule has 0 fully saturated rings. The van der Waals surface area contributed by atoms with Crippen LogP contribution in [0.5, 0.6) is 5.75 Å². The molecule has 126 valence electrons. The van der Waals surface area contributed by atoms with Crippen LogP contribution in [-0.2, 0) is 5.41 Å². The van der Waals surface area contributed by atoms with Crippen LogP contribution in [0, 0.1) is 0 Å². The Morgan fingerprint density at radius 2 is 1.54 bits per heavy atom. The molecular formula is C18H20N2O4. The second-order valence-corrected chi connectivity index (χ2v) is 6.31. The molecule has 0 saturated heterocycles. The highest BCUT2D eigenvalue weighted by Gasteiger charge is 2.14. The van der Waals surface area contributed by atoms with Gasteiger partial charge in [0, 0.05) is 11.3 Å². The van der Waals surface area contributed by atoms with Gasteiger partial charge in [0.1, 0.15) is 5.75 Å². The van der Waals surface area contributed by atoms with Crippen molar-refractivity contribution < 1.29 is 19.5 Å². The van der Waals surface area contributed by atoms with E-state index in [-0.39, 0.29) is 11.0 Å². The molecule has 6 heteroatoms. The molecule has 0 aromatic heterocycles. The van der Waals surface area contributed by atoms with E-state index in [2.05, 4.69) is 26.1 Å². The molecule has 0 aliphatic carbocycles. The molecular weight excluding hydrogens is 308 g/mol. The minimum absolute atomic E-state index is 0.0311. The number of rotatable bonds is 3. The van der Waals surface area contributed by atoms with Crippen molar-refractivity contribution in [1.82, 2.24) is 5.48 Å². The third-order valence-corrected chi connectivity index (χ3v) is 3.43. The van der Waals surface area contributed by atoms with Gasteiger partial charge in [-0.2, -0.15) is 0 Å². The quantitative estimate of drug-likeness (QED) is 0.592. The number of benzene rings is 2. The van der Waals surface area contributed by atoms with E-state index in [0.717, 1.165) is 5.56 Å². The first-order valence-corrected chi connectivity index (χ1v) is 7.43. The summed E-state index contributed by atoms with van der Waals surface area (Å²) in [7, 11) is 0.